The molecule has 0 aliphatic carbocycles. The van der Waals surface area contributed by atoms with Crippen molar-refractivity contribution in [2.45, 2.75) is 19.4 Å². The average molecular weight is 247 g/mol. The van der Waals surface area contributed by atoms with E-state index in [-0.39, 0.29) is 10.5 Å². The number of quaternary nitrogens is 1. The van der Waals surface area contributed by atoms with E-state index in [9.17, 15) is 4.79 Å². The molecule has 1 heterocycles. The summed E-state index contributed by atoms with van der Waals surface area (Å²) in [7, 11) is 3.70. The molecule has 0 bridgehead atoms. The lowest BCUT2D eigenvalue weighted by Gasteiger charge is -2.21. The number of benzene rings is 1. The Balaban J connectivity index is 2.60. The number of hydrogen-bond donors (Lipinski definition) is 1. The molecule has 0 radical (unpaired) electrons. The minimum absolute atomic E-state index is 0.0559. The van der Waals surface area contributed by atoms with Gasteiger partial charge in [0, 0.05) is 29.1 Å². The predicted molar refractivity (Wildman–Crippen MR) is 73.3 cm³/mol. The fraction of sp³-hybridized carbons (Fsp3) is 0.357. The number of furan rings is 1. The van der Waals surface area contributed by atoms with E-state index in [0.29, 0.717) is 0 Å². The Bertz CT molecular complexity index is 570. The second kappa shape index (κ2) is 4.55. The quantitative estimate of drug-likeness (QED) is 0.664. The van der Waals surface area contributed by atoms with E-state index in [1.807, 2.05) is 39.2 Å². The van der Waals surface area contributed by atoms with Gasteiger partial charge in [-0.05, 0) is 19.4 Å². The summed E-state index contributed by atoms with van der Waals surface area (Å²) >= 11 is 0. The highest BCUT2D eigenvalue weighted by molar-refractivity contribution is 5.86. The first-order valence-electron chi connectivity index (χ1n) is 6.00. The van der Waals surface area contributed by atoms with E-state index in [4.69, 9.17) is 10.2 Å². The Morgan fingerprint density at radius 2 is 2.17 bits per heavy atom. The van der Waals surface area contributed by atoms with E-state index in [0.717, 1.165) is 35.1 Å². The molecule has 1 amide bonds. The number of nitrogens with two attached hydrogens (primary N) is 1. The van der Waals surface area contributed by atoms with Crippen LogP contribution < -0.4 is 10.2 Å². The van der Waals surface area contributed by atoms with Gasteiger partial charge >= 0.3 is 6.41 Å². The van der Waals surface area contributed by atoms with Crippen LogP contribution in [0.1, 0.15) is 12.5 Å². The van der Waals surface area contributed by atoms with Gasteiger partial charge in [0.2, 0.25) is 0 Å². The molecule has 18 heavy (non-hydrogen) atoms. The third-order valence-electron chi connectivity index (χ3n) is 3.08. The molecular weight excluding hydrogens is 228 g/mol. The van der Waals surface area contributed by atoms with Gasteiger partial charge in [0.25, 0.3) is 0 Å². The van der Waals surface area contributed by atoms with Crippen molar-refractivity contribution in [2.24, 2.45) is 5.73 Å². The monoisotopic (exact) mass is 247 g/mol. The largest absolute Gasteiger partial charge is 0.464 e. The van der Waals surface area contributed by atoms with Crippen LogP contribution in [0.25, 0.3) is 11.0 Å². The number of amides is 1. The van der Waals surface area contributed by atoms with Gasteiger partial charge in [0.15, 0.2) is 0 Å². The summed E-state index contributed by atoms with van der Waals surface area (Å²) in [6.07, 6.45) is 3.31. The minimum Gasteiger partial charge on any atom is -0.464 e. The predicted octanol–water partition coefficient (Wildman–Crippen LogP) is 2.05. The lowest BCUT2D eigenvalue weighted by atomic mass is 10.0. The first-order chi connectivity index (χ1) is 8.44. The highest BCUT2D eigenvalue weighted by Gasteiger charge is 2.21. The van der Waals surface area contributed by atoms with Crippen LogP contribution in [0.15, 0.2) is 28.9 Å². The van der Waals surface area contributed by atoms with Crippen LogP contribution in [-0.4, -0.2) is 26.5 Å². The number of fused-ring (bicyclic) bond motifs is 1. The maximum Gasteiger partial charge on any atom is 0.306 e. The number of nitrogens with zero attached hydrogens (tertiary/aromatic N) is 1. The smallest absolute Gasteiger partial charge is 0.306 e. The summed E-state index contributed by atoms with van der Waals surface area (Å²) in [6, 6.07) is 5.95. The van der Waals surface area contributed by atoms with Crippen LogP contribution in [-0.2, 0) is 11.2 Å². The van der Waals surface area contributed by atoms with Gasteiger partial charge in [-0.15, -0.1) is 0 Å². The third kappa shape index (κ3) is 2.30. The van der Waals surface area contributed by atoms with Gasteiger partial charge < -0.3 is 10.2 Å². The zero-order valence-corrected chi connectivity index (χ0v) is 11.0. The molecule has 4 heteroatoms. The number of rotatable bonds is 4. The van der Waals surface area contributed by atoms with Crippen molar-refractivity contribution >= 4 is 23.1 Å². The summed E-state index contributed by atoms with van der Waals surface area (Å²) in [5.74, 6) is 0. The molecule has 0 spiro atoms. The Morgan fingerprint density at radius 1 is 1.44 bits per heavy atom. The molecule has 96 valence electrons. The van der Waals surface area contributed by atoms with Crippen LogP contribution in [0.4, 0.5) is 5.69 Å². The average Bonchev–Trinajstić information content (AvgIpc) is 2.76. The standard InChI is InChI=1S/C14H19N2O2/c1-10(15)6-12-8-13(16(2,3)9-17)7-11-4-5-18-14(11)12/h4-5,7-10H,6,15H2,1-3H3/q+1. The lowest BCUT2D eigenvalue weighted by Crippen LogP contribution is -2.38. The second-order valence-corrected chi connectivity index (χ2v) is 5.27. The molecule has 1 aromatic heterocycles. The van der Waals surface area contributed by atoms with Gasteiger partial charge in [0.1, 0.15) is 11.3 Å². The van der Waals surface area contributed by atoms with Crippen molar-refractivity contribution in [1.29, 1.82) is 0 Å². The molecule has 2 aromatic rings. The van der Waals surface area contributed by atoms with Gasteiger partial charge in [-0.3, -0.25) is 0 Å². The van der Waals surface area contributed by atoms with E-state index < -0.39 is 0 Å². The molecule has 1 aromatic carbocycles. The molecule has 2 N–H and O–H groups in total. The van der Waals surface area contributed by atoms with Gasteiger partial charge in [-0.2, -0.15) is 0 Å². The molecular formula is C14H19N2O2+. The minimum atomic E-state index is 0.0559. The number of hydrogen-bond acceptors (Lipinski definition) is 3. The van der Waals surface area contributed by atoms with Crippen molar-refractivity contribution in [3.63, 3.8) is 0 Å². The second-order valence-electron chi connectivity index (χ2n) is 5.27. The van der Waals surface area contributed by atoms with Crippen molar-refractivity contribution in [2.75, 3.05) is 14.1 Å². The third-order valence-corrected chi connectivity index (χ3v) is 3.08. The highest BCUT2D eigenvalue weighted by Crippen LogP contribution is 2.29. The number of carbonyl (C=O) groups is 1. The van der Waals surface area contributed by atoms with E-state index in [1.165, 1.54) is 0 Å². The Kier molecular flexibility index (Phi) is 3.24. The zero-order chi connectivity index (χ0) is 13.3. The molecule has 0 aliphatic rings. The summed E-state index contributed by atoms with van der Waals surface area (Å²) < 4.78 is 5.69. The van der Waals surface area contributed by atoms with Gasteiger partial charge in [-0.1, -0.05) is 0 Å². The van der Waals surface area contributed by atoms with Crippen LogP contribution in [0.5, 0.6) is 0 Å². The number of carbonyl (C=O) groups excluding carboxylic acids is 1. The summed E-state index contributed by atoms with van der Waals surface area (Å²) in [5.41, 5.74) is 8.71. The van der Waals surface area contributed by atoms with Crippen molar-refractivity contribution in [1.82, 2.24) is 4.48 Å². The fourth-order valence-corrected chi connectivity index (χ4v) is 2.03. The van der Waals surface area contributed by atoms with Crippen LogP contribution in [0.3, 0.4) is 0 Å². The summed E-state index contributed by atoms with van der Waals surface area (Å²) in [5, 5.41) is 1.01. The molecule has 0 aliphatic heterocycles. The Hall–Kier alpha value is -1.65. The van der Waals surface area contributed by atoms with E-state index in [1.54, 1.807) is 6.26 Å². The molecule has 4 nitrogen and oxygen atoms in total. The van der Waals surface area contributed by atoms with Crippen LogP contribution >= 0.6 is 0 Å². The molecule has 0 fully saturated rings. The maximum atomic E-state index is 11.2. The molecule has 0 saturated heterocycles. The van der Waals surface area contributed by atoms with Crippen molar-refractivity contribution < 1.29 is 9.21 Å². The molecule has 1 unspecified atom stereocenters. The molecule has 1 atom stereocenters. The van der Waals surface area contributed by atoms with E-state index >= 15 is 0 Å². The van der Waals surface area contributed by atoms with Crippen LogP contribution in [0, 0.1) is 0 Å². The SMILES string of the molecule is CC(N)Cc1cc([N+](C)(C)C=O)cc2ccoc12. The van der Waals surface area contributed by atoms with Gasteiger partial charge in [-0.25, -0.2) is 9.28 Å². The Labute approximate surface area is 107 Å². The Morgan fingerprint density at radius 3 is 2.78 bits per heavy atom. The molecule has 0 saturated carbocycles. The molecule has 2 rings (SSSR count). The summed E-state index contributed by atoms with van der Waals surface area (Å²) in [4.78, 5) is 11.2. The first-order valence-corrected chi connectivity index (χ1v) is 6.00. The van der Waals surface area contributed by atoms with Crippen LogP contribution in [0.2, 0.25) is 0 Å². The highest BCUT2D eigenvalue weighted by atomic mass is 16.3. The summed E-state index contributed by atoms with van der Waals surface area (Å²) in [6.45, 7) is 1.96. The fourth-order valence-electron chi connectivity index (χ4n) is 2.03. The first kappa shape index (κ1) is 12.8. The van der Waals surface area contributed by atoms with Crippen molar-refractivity contribution in [3.05, 3.63) is 30.0 Å². The maximum absolute atomic E-state index is 11.2. The van der Waals surface area contributed by atoms with Gasteiger partial charge in [0.05, 0.1) is 20.4 Å². The lowest BCUT2D eigenvalue weighted by molar-refractivity contribution is -0.115. The van der Waals surface area contributed by atoms with Crippen molar-refractivity contribution in [3.8, 4) is 0 Å². The topological polar surface area (TPSA) is 56.2 Å². The normalized spacial score (nSPS) is 13.8. The zero-order valence-electron chi connectivity index (χ0n) is 11.0. The van der Waals surface area contributed by atoms with E-state index in [2.05, 4.69) is 0 Å².